The SMILES string of the molecule is CC(C)(C)c1cc(NC(=O)C(C)(C)S(=O)(=O)C2CCOCC2)no1. The second-order valence-corrected chi connectivity index (χ2v) is 10.4. The number of carbonyl (C=O) groups excluding carboxylic acids is 1. The van der Waals surface area contributed by atoms with E-state index in [-0.39, 0.29) is 11.2 Å². The van der Waals surface area contributed by atoms with Gasteiger partial charge in [0, 0.05) is 24.7 Å². The molecule has 0 aromatic carbocycles. The monoisotopic (exact) mass is 358 g/mol. The maximum atomic E-state index is 12.8. The highest BCUT2D eigenvalue weighted by Crippen LogP contribution is 2.29. The fourth-order valence-corrected chi connectivity index (χ4v) is 4.44. The third-order valence-corrected chi connectivity index (χ3v) is 7.31. The van der Waals surface area contributed by atoms with E-state index in [0.29, 0.717) is 31.8 Å². The Labute approximate surface area is 143 Å². The van der Waals surface area contributed by atoms with Crippen molar-refractivity contribution in [2.24, 2.45) is 0 Å². The predicted molar refractivity (Wildman–Crippen MR) is 90.7 cm³/mol. The Kier molecular flexibility index (Phi) is 5.11. The first-order chi connectivity index (χ1) is 11.0. The third kappa shape index (κ3) is 3.64. The summed E-state index contributed by atoms with van der Waals surface area (Å²) in [4.78, 5) is 12.6. The summed E-state index contributed by atoms with van der Waals surface area (Å²) in [6.07, 6.45) is 0.828. The summed E-state index contributed by atoms with van der Waals surface area (Å²) >= 11 is 0. The average Bonchev–Trinajstić information content (AvgIpc) is 2.96. The van der Waals surface area contributed by atoms with Gasteiger partial charge >= 0.3 is 0 Å². The minimum Gasteiger partial charge on any atom is -0.381 e. The smallest absolute Gasteiger partial charge is 0.246 e. The van der Waals surface area contributed by atoms with E-state index in [0.717, 1.165) is 0 Å². The Morgan fingerprint density at radius 1 is 1.21 bits per heavy atom. The van der Waals surface area contributed by atoms with Crippen LogP contribution in [0.5, 0.6) is 0 Å². The molecule has 2 heterocycles. The number of sulfone groups is 1. The van der Waals surface area contributed by atoms with Crippen LogP contribution in [-0.2, 0) is 24.8 Å². The molecule has 1 aromatic heterocycles. The van der Waals surface area contributed by atoms with Gasteiger partial charge in [-0.25, -0.2) is 8.42 Å². The van der Waals surface area contributed by atoms with Gasteiger partial charge in [0.15, 0.2) is 15.7 Å². The lowest BCUT2D eigenvalue weighted by molar-refractivity contribution is -0.117. The van der Waals surface area contributed by atoms with Crippen LogP contribution >= 0.6 is 0 Å². The number of amides is 1. The van der Waals surface area contributed by atoms with Crippen LogP contribution in [0.1, 0.15) is 53.2 Å². The van der Waals surface area contributed by atoms with Crippen LogP contribution in [0, 0.1) is 0 Å². The van der Waals surface area contributed by atoms with Gasteiger partial charge in [-0.3, -0.25) is 4.79 Å². The van der Waals surface area contributed by atoms with E-state index >= 15 is 0 Å². The molecule has 1 aliphatic rings. The van der Waals surface area contributed by atoms with Crippen molar-refractivity contribution >= 4 is 21.6 Å². The van der Waals surface area contributed by atoms with Gasteiger partial charge in [-0.15, -0.1) is 0 Å². The number of aromatic nitrogens is 1. The molecule has 2 rings (SSSR count). The van der Waals surface area contributed by atoms with E-state index in [1.807, 2.05) is 20.8 Å². The largest absolute Gasteiger partial charge is 0.381 e. The fraction of sp³-hybridized carbons (Fsp3) is 0.750. The summed E-state index contributed by atoms with van der Waals surface area (Å²) in [6, 6.07) is 1.62. The summed E-state index contributed by atoms with van der Waals surface area (Å²) in [5.41, 5.74) is -0.250. The number of anilines is 1. The third-order valence-electron chi connectivity index (χ3n) is 4.36. The van der Waals surface area contributed by atoms with E-state index in [2.05, 4.69) is 10.5 Å². The van der Waals surface area contributed by atoms with E-state index in [1.54, 1.807) is 6.07 Å². The van der Waals surface area contributed by atoms with Crippen molar-refractivity contribution in [3.8, 4) is 0 Å². The second-order valence-electron chi connectivity index (χ2n) is 7.65. The van der Waals surface area contributed by atoms with E-state index in [4.69, 9.17) is 9.26 Å². The number of hydrogen-bond donors (Lipinski definition) is 1. The molecule has 0 unspecified atom stereocenters. The fourth-order valence-electron chi connectivity index (χ4n) is 2.49. The van der Waals surface area contributed by atoms with Gasteiger partial charge in [0.05, 0.1) is 5.25 Å². The molecule has 24 heavy (non-hydrogen) atoms. The molecule has 136 valence electrons. The standard InChI is InChI=1S/C16H26N2O5S/c1-15(2,3)12-10-13(18-23-12)17-14(19)16(4,5)24(20,21)11-6-8-22-9-7-11/h10-11H,6-9H2,1-5H3,(H,17,18,19). The highest BCUT2D eigenvalue weighted by Gasteiger charge is 2.46. The molecule has 7 nitrogen and oxygen atoms in total. The van der Waals surface area contributed by atoms with Gasteiger partial charge in [-0.05, 0) is 26.7 Å². The van der Waals surface area contributed by atoms with Crippen LogP contribution in [0.15, 0.2) is 10.6 Å². The van der Waals surface area contributed by atoms with Crippen molar-refractivity contribution in [1.29, 1.82) is 0 Å². The van der Waals surface area contributed by atoms with Crippen LogP contribution < -0.4 is 5.32 Å². The highest BCUT2D eigenvalue weighted by molar-refractivity contribution is 7.94. The second kappa shape index (κ2) is 6.48. The van der Waals surface area contributed by atoms with E-state index in [1.165, 1.54) is 13.8 Å². The minimum absolute atomic E-state index is 0.222. The molecule has 0 atom stereocenters. The number of hydrogen-bond acceptors (Lipinski definition) is 6. The topological polar surface area (TPSA) is 98.5 Å². The molecular weight excluding hydrogens is 332 g/mol. The summed E-state index contributed by atoms with van der Waals surface area (Å²) in [6.45, 7) is 9.53. The van der Waals surface area contributed by atoms with Gasteiger partial charge in [0.2, 0.25) is 5.91 Å². The van der Waals surface area contributed by atoms with Gasteiger partial charge in [-0.1, -0.05) is 25.9 Å². The summed E-state index contributed by atoms with van der Waals surface area (Å²) in [5, 5.41) is 5.81. The van der Waals surface area contributed by atoms with Crippen LogP contribution in [0.4, 0.5) is 5.82 Å². The zero-order valence-electron chi connectivity index (χ0n) is 14.9. The first kappa shape index (κ1) is 18.9. The van der Waals surface area contributed by atoms with Crippen LogP contribution in [0.25, 0.3) is 0 Å². The van der Waals surface area contributed by atoms with Crippen molar-refractivity contribution < 1.29 is 22.5 Å². The Hall–Kier alpha value is -1.41. The van der Waals surface area contributed by atoms with Gasteiger partial charge < -0.3 is 14.6 Å². The zero-order valence-corrected chi connectivity index (χ0v) is 15.7. The Bertz CT molecular complexity index is 694. The van der Waals surface area contributed by atoms with Crippen molar-refractivity contribution in [2.45, 2.75) is 62.9 Å². The maximum Gasteiger partial charge on any atom is 0.246 e. The van der Waals surface area contributed by atoms with Crippen molar-refractivity contribution in [1.82, 2.24) is 5.16 Å². The number of ether oxygens (including phenoxy) is 1. The van der Waals surface area contributed by atoms with Crippen molar-refractivity contribution in [3.63, 3.8) is 0 Å². The number of rotatable bonds is 4. The Balaban J connectivity index is 2.16. The molecule has 8 heteroatoms. The minimum atomic E-state index is -3.65. The van der Waals surface area contributed by atoms with Crippen LogP contribution in [0.3, 0.4) is 0 Å². The molecule has 1 amide bonds. The molecule has 0 aliphatic carbocycles. The molecule has 0 bridgehead atoms. The van der Waals surface area contributed by atoms with E-state index < -0.39 is 25.7 Å². The molecule has 1 fully saturated rings. The number of nitrogens with one attached hydrogen (secondary N) is 1. The predicted octanol–water partition coefficient (Wildman–Crippen LogP) is 2.28. The lowest BCUT2D eigenvalue weighted by atomic mass is 9.93. The van der Waals surface area contributed by atoms with Gasteiger partial charge in [0.25, 0.3) is 0 Å². The molecule has 0 spiro atoms. The number of carbonyl (C=O) groups is 1. The first-order valence-corrected chi connectivity index (χ1v) is 9.61. The van der Waals surface area contributed by atoms with Crippen LogP contribution in [0.2, 0.25) is 0 Å². The Morgan fingerprint density at radius 2 is 1.79 bits per heavy atom. The molecule has 0 radical (unpaired) electrons. The lowest BCUT2D eigenvalue weighted by Crippen LogP contribution is -2.50. The summed E-state index contributed by atoms with van der Waals surface area (Å²) in [5.74, 6) is 0.228. The van der Waals surface area contributed by atoms with Crippen molar-refractivity contribution in [2.75, 3.05) is 18.5 Å². The number of nitrogens with zero attached hydrogens (tertiary/aromatic N) is 1. The molecule has 1 saturated heterocycles. The quantitative estimate of drug-likeness (QED) is 0.886. The van der Waals surface area contributed by atoms with E-state index in [9.17, 15) is 13.2 Å². The van der Waals surface area contributed by atoms with Gasteiger partial charge in [-0.2, -0.15) is 0 Å². The van der Waals surface area contributed by atoms with Gasteiger partial charge in [0.1, 0.15) is 10.5 Å². The molecule has 1 N–H and O–H groups in total. The van der Waals surface area contributed by atoms with Crippen LogP contribution in [-0.4, -0.2) is 42.7 Å². The summed E-state index contributed by atoms with van der Waals surface area (Å²) in [7, 11) is -3.65. The zero-order chi connectivity index (χ0) is 18.2. The molecular formula is C16H26N2O5S. The normalized spacial score (nSPS) is 17.7. The molecule has 1 aromatic rings. The molecule has 1 aliphatic heterocycles. The summed E-state index contributed by atoms with van der Waals surface area (Å²) < 4.78 is 34.6. The Morgan fingerprint density at radius 3 is 2.29 bits per heavy atom. The van der Waals surface area contributed by atoms with Crippen molar-refractivity contribution in [3.05, 3.63) is 11.8 Å². The lowest BCUT2D eigenvalue weighted by Gasteiger charge is -2.30. The highest BCUT2D eigenvalue weighted by atomic mass is 32.2. The first-order valence-electron chi connectivity index (χ1n) is 8.06. The maximum absolute atomic E-state index is 12.8. The average molecular weight is 358 g/mol. The molecule has 0 saturated carbocycles.